The van der Waals surface area contributed by atoms with Gasteiger partial charge in [0.25, 0.3) is 0 Å². The van der Waals surface area contributed by atoms with E-state index in [4.69, 9.17) is 4.98 Å². The maximum Gasteiger partial charge on any atom is 0.243 e. The molecule has 1 aliphatic heterocycles. The summed E-state index contributed by atoms with van der Waals surface area (Å²) in [6.07, 6.45) is 11.8. The summed E-state index contributed by atoms with van der Waals surface area (Å²) in [6, 6.07) is 4.28. The summed E-state index contributed by atoms with van der Waals surface area (Å²) < 4.78 is 0. The van der Waals surface area contributed by atoms with Gasteiger partial charge in [0.2, 0.25) is 5.91 Å². The van der Waals surface area contributed by atoms with E-state index < -0.39 is 5.41 Å². The molecule has 1 amide bonds. The van der Waals surface area contributed by atoms with Crippen LogP contribution in [0.1, 0.15) is 54.6 Å². The summed E-state index contributed by atoms with van der Waals surface area (Å²) in [6.45, 7) is 1.19. The molecule has 4 aliphatic rings. The molecule has 5 rings (SSSR count). The highest BCUT2D eigenvalue weighted by atomic mass is 16.2. The highest BCUT2D eigenvalue weighted by molar-refractivity contribution is 5.89. The summed E-state index contributed by atoms with van der Waals surface area (Å²) in [5.74, 6) is 0.547. The predicted molar refractivity (Wildman–Crippen MR) is 105 cm³/mol. The van der Waals surface area contributed by atoms with Gasteiger partial charge in [-0.05, 0) is 49.3 Å². The summed E-state index contributed by atoms with van der Waals surface area (Å²) in [4.78, 5) is 31.4. The lowest BCUT2D eigenvalue weighted by Gasteiger charge is -2.29. The molecule has 5 nitrogen and oxygen atoms in total. The number of rotatable bonds is 5. The van der Waals surface area contributed by atoms with Crippen LogP contribution in [0.3, 0.4) is 0 Å². The molecule has 0 bridgehead atoms. The van der Waals surface area contributed by atoms with E-state index in [1.807, 2.05) is 4.90 Å². The standard InChI is InChI=1S/C23H23N3O2/c24-14-23(8-9-23)22(28)26-10-6-15(7-11-26)19-12-17(13-21(27)16-4-5-16)25-20-3-1-2-18(19)20/h1-2,6,12,16H,3-5,7-11,13H2. The van der Waals surface area contributed by atoms with Crippen LogP contribution in [0.15, 0.2) is 18.2 Å². The van der Waals surface area contributed by atoms with Crippen molar-refractivity contribution in [3.63, 3.8) is 0 Å². The lowest BCUT2D eigenvalue weighted by Crippen LogP contribution is -2.39. The second-order valence-corrected chi connectivity index (χ2v) is 8.47. The molecular weight excluding hydrogens is 350 g/mol. The number of pyridine rings is 1. The van der Waals surface area contributed by atoms with Gasteiger partial charge in [0.1, 0.15) is 11.2 Å². The molecule has 0 unspecified atom stereocenters. The molecule has 2 heterocycles. The first kappa shape index (κ1) is 17.4. The molecule has 28 heavy (non-hydrogen) atoms. The van der Waals surface area contributed by atoms with Gasteiger partial charge in [-0.25, -0.2) is 0 Å². The SMILES string of the molecule is N#CC1(C(=O)N2CC=C(c3cc(CC(=O)C4CC4)nc4c3C=CC4)CC2)CC1. The van der Waals surface area contributed by atoms with Gasteiger partial charge in [0.15, 0.2) is 0 Å². The molecule has 0 N–H and O–H groups in total. The number of amides is 1. The van der Waals surface area contributed by atoms with E-state index in [1.165, 1.54) is 5.57 Å². The lowest BCUT2D eigenvalue weighted by molar-refractivity contribution is -0.134. The number of aromatic nitrogens is 1. The average Bonchev–Trinajstić information content (AvgIpc) is 3.64. The zero-order valence-electron chi connectivity index (χ0n) is 15.9. The van der Waals surface area contributed by atoms with E-state index >= 15 is 0 Å². The van der Waals surface area contributed by atoms with Gasteiger partial charge >= 0.3 is 0 Å². The van der Waals surface area contributed by atoms with Crippen molar-refractivity contribution < 1.29 is 9.59 Å². The Balaban J connectivity index is 1.39. The number of ketones is 1. The zero-order chi connectivity index (χ0) is 19.3. The van der Waals surface area contributed by atoms with Crippen LogP contribution in [0.25, 0.3) is 11.6 Å². The molecule has 0 spiro atoms. The van der Waals surface area contributed by atoms with Crippen molar-refractivity contribution in [3.05, 3.63) is 40.7 Å². The second kappa shape index (κ2) is 6.41. The highest BCUT2D eigenvalue weighted by Gasteiger charge is 2.52. The Hall–Kier alpha value is -2.74. The first-order valence-electron chi connectivity index (χ1n) is 10.2. The largest absolute Gasteiger partial charge is 0.337 e. The minimum Gasteiger partial charge on any atom is -0.337 e. The number of hydrogen-bond acceptors (Lipinski definition) is 4. The molecule has 1 aromatic heterocycles. The van der Waals surface area contributed by atoms with Crippen molar-refractivity contribution in [3.8, 4) is 6.07 Å². The third-order valence-corrected chi connectivity index (χ3v) is 6.39. The molecule has 5 heteroatoms. The third-order valence-electron chi connectivity index (χ3n) is 6.39. The molecule has 2 saturated carbocycles. The summed E-state index contributed by atoms with van der Waals surface area (Å²) in [7, 11) is 0. The Morgan fingerprint density at radius 2 is 2.14 bits per heavy atom. The molecule has 0 radical (unpaired) electrons. The Morgan fingerprint density at radius 3 is 2.79 bits per heavy atom. The fourth-order valence-corrected chi connectivity index (χ4v) is 4.28. The molecule has 142 valence electrons. The van der Waals surface area contributed by atoms with Crippen LogP contribution in [0, 0.1) is 22.7 Å². The summed E-state index contributed by atoms with van der Waals surface area (Å²) >= 11 is 0. The van der Waals surface area contributed by atoms with Crippen LogP contribution in [-0.4, -0.2) is 34.7 Å². The molecule has 1 aromatic rings. The number of Topliss-reactive ketones (excluding diaryl/α,β-unsaturated/α-hetero) is 1. The van der Waals surface area contributed by atoms with E-state index in [1.54, 1.807) is 0 Å². The predicted octanol–water partition coefficient (Wildman–Crippen LogP) is 3.09. The van der Waals surface area contributed by atoms with Crippen LogP contribution in [0.2, 0.25) is 0 Å². The van der Waals surface area contributed by atoms with Crippen molar-refractivity contribution in [1.82, 2.24) is 9.88 Å². The van der Waals surface area contributed by atoms with E-state index in [2.05, 4.69) is 30.4 Å². The number of fused-ring (bicyclic) bond motifs is 1. The Kier molecular flexibility index (Phi) is 3.97. The number of carbonyl (C=O) groups excluding carboxylic acids is 2. The first-order chi connectivity index (χ1) is 13.6. The second-order valence-electron chi connectivity index (χ2n) is 8.47. The maximum absolute atomic E-state index is 12.6. The summed E-state index contributed by atoms with van der Waals surface area (Å²) in [5, 5.41) is 9.28. The van der Waals surface area contributed by atoms with Gasteiger partial charge in [-0.3, -0.25) is 14.6 Å². The van der Waals surface area contributed by atoms with Crippen LogP contribution in [0.5, 0.6) is 0 Å². The van der Waals surface area contributed by atoms with Crippen LogP contribution >= 0.6 is 0 Å². The molecule has 0 atom stereocenters. The van der Waals surface area contributed by atoms with Gasteiger partial charge in [0.05, 0.1) is 11.8 Å². The van der Waals surface area contributed by atoms with Gasteiger partial charge in [0, 0.05) is 43.1 Å². The van der Waals surface area contributed by atoms with Gasteiger partial charge in [-0.1, -0.05) is 18.2 Å². The van der Waals surface area contributed by atoms with E-state index in [0.717, 1.165) is 48.2 Å². The summed E-state index contributed by atoms with van der Waals surface area (Å²) in [5.41, 5.74) is 4.71. The molecule has 0 aromatic carbocycles. The maximum atomic E-state index is 12.6. The Morgan fingerprint density at radius 1 is 1.32 bits per heavy atom. The molecule has 2 fully saturated rings. The van der Waals surface area contributed by atoms with Crippen LogP contribution in [0.4, 0.5) is 0 Å². The fraction of sp³-hybridized carbons (Fsp3) is 0.478. The minimum absolute atomic E-state index is 0.0131. The van der Waals surface area contributed by atoms with Crippen molar-refractivity contribution in [2.75, 3.05) is 13.1 Å². The number of allylic oxidation sites excluding steroid dienone is 1. The molecule has 3 aliphatic carbocycles. The van der Waals surface area contributed by atoms with Crippen molar-refractivity contribution in [1.29, 1.82) is 5.26 Å². The van der Waals surface area contributed by atoms with Gasteiger partial charge < -0.3 is 4.90 Å². The first-order valence-corrected chi connectivity index (χ1v) is 10.2. The zero-order valence-corrected chi connectivity index (χ0v) is 15.9. The average molecular weight is 373 g/mol. The van der Waals surface area contributed by atoms with Gasteiger partial charge in [-0.2, -0.15) is 5.26 Å². The number of nitrogens with zero attached hydrogens (tertiary/aromatic N) is 3. The van der Waals surface area contributed by atoms with E-state index in [0.29, 0.717) is 38.1 Å². The van der Waals surface area contributed by atoms with Crippen LogP contribution in [-0.2, 0) is 22.4 Å². The van der Waals surface area contributed by atoms with E-state index in [-0.39, 0.29) is 11.8 Å². The van der Waals surface area contributed by atoms with E-state index in [9.17, 15) is 14.9 Å². The highest BCUT2D eigenvalue weighted by Crippen LogP contribution is 2.47. The number of hydrogen-bond donors (Lipinski definition) is 0. The van der Waals surface area contributed by atoms with Crippen molar-refractivity contribution in [2.24, 2.45) is 11.3 Å². The molecule has 0 saturated heterocycles. The monoisotopic (exact) mass is 373 g/mol. The lowest BCUT2D eigenvalue weighted by atomic mass is 9.93. The smallest absolute Gasteiger partial charge is 0.243 e. The Bertz CT molecular complexity index is 974. The quantitative estimate of drug-likeness (QED) is 0.795. The topological polar surface area (TPSA) is 74.1 Å². The minimum atomic E-state index is -0.748. The van der Waals surface area contributed by atoms with Gasteiger partial charge in [-0.15, -0.1) is 0 Å². The number of nitriles is 1. The fourth-order valence-electron chi connectivity index (χ4n) is 4.28. The third kappa shape index (κ3) is 2.97. The molecular formula is C23H23N3O2. The van der Waals surface area contributed by atoms with Crippen LogP contribution < -0.4 is 0 Å². The Labute approximate surface area is 164 Å². The number of carbonyl (C=O) groups is 2. The normalized spacial score (nSPS) is 21.7. The van der Waals surface area contributed by atoms with Crippen molar-refractivity contribution in [2.45, 2.75) is 44.9 Å². The van der Waals surface area contributed by atoms with Crippen molar-refractivity contribution >= 4 is 23.3 Å².